The first-order valence-corrected chi connectivity index (χ1v) is 0. The predicted molar refractivity (Wildman–Crippen MR) is 11.6 cm³/mol. The minimum Gasteiger partial charge on any atom is -0.870 e. The van der Waals surface area contributed by atoms with Gasteiger partial charge in [-0.2, -0.15) is 0 Å². The fourth-order valence-corrected chi connectivity index (χ4v) is 0. The molecule has 0 unspecified atom stereocenters. The smallest absolute Gasteiger partial charge is 0.870 e. The standard InChI is InChI=1S/Na.6H2O.V/h;6*1H2;/q+1;;;;;;;+5/p-6. The van der Waals surface area contributed by atoms with Crippen LogP contribution in [-0.4, -0.2) is 32.9 Å². The summed E-state index contributed by atoms with van der Waals surface area (Å²) in [5, 5.41) is 0. The van der Waals surface area contributed by atoms with Crippen LogP contribution in [0.1, 0.15) is 0 Å². The zero-order valence-electron chi connectivity index (χ0n) is 4.13. The molecule has 0 aromatic heterocycles. The molecule has 0 aliphatic carbocycles. The van der Waals surface area contributed by atoms with Gasteiger partial charge in [-0.15, -0.1) is 0 Å². The van der Waals surface area contributed by atoms with Crippen molar-refractivity contribution in [2.24, 2.45) is 0 Å². The van der Waals surface area contributed by atoms with E-state index in [0.29, 0.717) is 0 Å². The van der Waals surface area contributed by atoms with Gasteiger partial charge >= 0.3 is 48.1 Å². The molecule has 0 heterocycles. The molecule has 0 rings (SSSR count). The van der Waals surface area contributed by atoms with Crippen LogP contribution in [-0.2, 0) is 18.6 Å². The minimum atomic E-state index is 0. The predicted octanol–water partition coefficient (Wildman–Crippen LogP) is -4.06. The van der Waals surface area contributed by atoms with E-state index in [-0.39, 0.29) is 81.0 Å². The van der Waals surface area contributed by atoms with Crippen LogP contribution in [0.3, 0.4) is 0 Å². The SMILES string of the molecule is [Na+].[OH-].[OH-].[OH-].[OH-].[OH-].[OH-].[V+5]. The van der Waals surface area contributed by atoms with Gasteiger partial charge in [-0.3, -0.25) is 0 Å². The van der Waals surface area contributed by atoms with E-state index >= 15 is 0 Å². The average Bonchev–Trinajstić information content (AvgIpc) is 0. The minimum absolute atomic E-state index is 0. The number of rotatable bonds is 0. The summed E-state index contributed by atoms with van der Waals surface area (Å²) in [6.07, 6.45) is 0. The zero-order valence-corrected chi connectivity index (χ0v) is 7.53. The van der Waals surface area contributed by atoms with Crippen LogP contribution in [0.15, 0.2) is 0 Å². The van der Waals surface area contributed by atoms with Crippen molar-refractivity contribution in [1.29, 1.82) is 0 Å². The largest absolute Gasteiger partial charge is 5.00 e. The second-order valence-corrected chi connectivity index (χ2v) is 0. The van der Waals surface area contributed by atoms with Crippen LogP contribution in [0.2, 0.25) is 0 Å². The molecular formula is H6NaO6V. The van der Waals surface area contributed by atoms with Crippen LogP contribution >= 0.6 is 0 Å². The third kappa shape index (κ3) is 164. The van der Waals surface area contributed by atoms with Crippen LogP contribution in [0.4, 0.5) is 0 Å². The van der Waals surface area contributed by atoms with Crippen molar-refractivity contribution >= 4 is 0 Å². The summed E-state index contributed by atoms with van der Waals surface area (Å²) < 4.78 is 0. The van der Waals surface area contributed by atoms with E-state index < -0.39 is 0 Å². The van der Waals surface area contributed by atoms with Gasteiger partial charge in [0.05, 0.1) is 0 Å². The Labute approximate surface area is 80.7 Å². The van der Waals surface area contributed by atoms with Crippen LogP contribution in [0.5, 0.6) is 0 Å². The maximum atomic E-state index is 0. The van der Waals surface area contributed by atoms with Crippen LogP contribution in [0, 0.1) is 0 Å². The van der Waals surface area contributed by atoms with E-state index in [2.05, 4.69) is 0 Å². The second-order valence-electron chi connectivity index (χ2n) is 0. The maximum absolute atomic E-state index is 0. The molecule has 0 bridgehead atoms. The fourth-order valence-electron chi connectivity index (χ4n) is 0. The first-order valence-electron chi connectivity index (χ1n) is 0. The molecule has 0 saturated carbocycles. The molecule has 0 amide bonds. The Bertz CT molecular complexity index is 8.49. The van der Waals surface area contributed by atoms with E-state index in [0.717, 1.165) is 0 Å². The monoisotopic (exact) mass is 176 g/mol. The van der Waals surface area contributed by atoms with Gasteiger partial charge in [0.25, 0.3) is 0 Å². The molecule has 6 nitrogen and oxygen atoms in total. The molecule has 0 spiro atoms. The Kier molecular flexibility index (Phi) is 11200. The maximum Gasteiger partial charge on any atom is 5.00 e. The van der Waals surface area contributed by atoms with Gasteiger partial charge in [0.15, 0.2) is 0 Å². The molecular weight excluding hydrogens is 170 g/mol. The molecule has 0 atom stereocenters. The quantitative estimate of drug-likeness (QED) is 0.338. The first kappa shape index (κ1) is 360. The average molecular weight is 176 g/mol. The molecule has 8 heavy (non-hydrogen) atoms. The fraction of sp³-hybridized carbons (Fsp3) is 0. The summed E-state index contributed by atoms with van der Waals surface area (Å²) in [5.74, 6) is 0. The molecule has 0 aromatic carbocycles. The molecule has 8 heteroatoms. The Morgan fingerprint density at radius 1 is 0.375 bits per heavy atom. The van der Waals surface area contributed by atoms with Gasteiger partial charge in [-0.05, 0) is 0 Å². The second kappa shape index (κ2) is 249. The summed E-state index contributed by atoms with van der Waals surface area (Å²) in [6.45, 7) is 0. The van der Waals surface area contributed by atoms with Gasteiger partial charge in [0.2, 0.25) is 0 Å². The van der Waals surface area contributed by atoms with Crippen molar-refractivity contribution in [3.8, 4) is 0 Å². The molecule has 0 fully saturated rings. The number of hydrogen-bond donors (Lipinski definition) is 0. The Balaban J connectivity index is 0. The van der Waals surface area contributed by atoms with E-state index in [1.807, 2.05) is 0 Å². The summed E-state index contributed by atoms with van der Waals surface area (Å²) in [4.78, 5) is 0. The summed E-state index contributed by atoms with van der Waals surface area (Å²) >= 11 is 0. The van der Waals surface area contributed by atoms with Gasteiger partial charge in [-0.1, -0.05) is 0 Å². The van der Waals surface area contributed by atoms with E-state index in [1.165, 1.54) is 0 Å². The molecule has 0 aliphatic heterocycles. The van der Waals surface area contributed by atoms with Gasteiger partial charge in [0.1, 0.15) is 0 Å². The molecule has 0 saturated heterocycles. The van der Waals surface area contributed by atoms with Crippen molar-refractivity contribution in [2.75, 3.05) is 0 Å². The zero-order chi connectivity index (χ0) is 0. The van der Waals surface area contributed by atoms with Crippen molar-refractivity contribution in [2.45, 2.75) is 0 Å². The Morgan fingerprint density at radius 3 is 0.375 bits per heavy atom. The topological polar surface area (TPSA) is 180 Å². The van der Waals surface area contributed by atoms with Gasteiger partial charge < -0.3 is 32.9 Å². The van der Waals surface area contributed by atoms with Gasteiger partial charge in [0, 0.05) is 0 Å². The number of hydrogen-bond acceptors (Lipinski definition) is 6. The van der Waals surface area contributed by atoms with Crippen molar-refractivity contribution < 1.29 is 81.0 Å². The Hall–Kier alpha value is 1.34. The molecule has 0 aliphatic rings. The molecule has 0 aromatic rings. The third-order valence-corrected chi connectivity index (χ3v) is 0. The van der Waals surface area contributed by atoms with E-state index in [4.69, 9.17) is 0 Å². The normalized spacial score (nSPS) is 0. The Morgan fingerprint density at radius 2 is 0.375 bits per heavy atom. The third-order valence-electron chi connectivity index (χ3n) is 0. The van der Waals surface area contributed by atoms with Crippen LogP contribution in [0.25, 0.3) is 0 Å². The molecule has 6 N–H and O–H groups in total. The summed E-state index contributed by atoms with van der Waals surface area (Å²) in [5.41, 5.74) is 0. The van der Waals surface area contributed by atoms with Crippen molar-refractivity contribution in [3.63, 3.8) is 0 Å². The van der Waals surface area contributed by atoms with Gasteiger partial charge in [-0.25, -0.2) is 0 Å². The van der Waals surface area contributed by atoms with Crippen molar-refractivity contribution in [1.82, 2.24) is 0 Å². The summed E-state index contributed by atoms with van der Waals surface area (Å²) in [6, 6.07) is 0. The van der Waals surface area contributed by atoms with Crippen molar-refractivity contribution in [3.05, 3.63) is 0 Å². The first-order chi connectivity index (χ1) is 0. The molecule has 48 valence electrons. The molecule has 0 radical (unpaired) electrons. The van der Waals surface area contributed by atoms with E-state index in [9.17, 15) is 0 Å². The van der Waals surface area contributed by atoms with Crippen LogP contribution < -0.4 is 29.6 Å². The summed E-state index contributed by atoms with van der Waals surface area (Å²) in [7, 11) is 0. The van der Waals surface area contributed by atoms with E-state index in [1.54, 1.807) is 0 Å².